The molecule has 2 rings (SSSR count). The SMILES string of the molecule is COc1cc2ncn(COCC[Si](C)(C)C)c2cc1Br. The number of nitrogens with zero attached hydrogens (tertiary/aromatic N) is 2. The number of rotatable bonds is 6. The molecule has 1 aromatic heterocycles. The van der Waals surface area contributed by atoms with Crippen LogP contribution in [0, 0.1) is 0 Å². The van der Waals surface area contributed by atoms with Gasteiger partial charge >= 0.3 is 0 Å². The Bertz CT molecular complexity index is 593. The molecule has 0 bridgehead atoms. The average Bonchev–Trinajstić information content (AvgIpc) is 2.75. The van der Waals surface area contributed by atoms with Crippen LogP contribution in [0.5, 0.6) is 5.75 Å². The van der Waals surface area contributed by atoms with Gasteiger partial charge in [-0.2, -0.15) is 0 Å². The maximum absolute atomic E-state index is 5.77. The predicted molar refractivity (Wildman–Crippen MR) is 88.1 cm³/mol. The van der Waals surface area contributed by atoms with Gasteiger partial charge in [-0.1, -0.05) is 19.6 Å². The zero-order valence-electron chi connectivity index (χ0n) is 12.4. The van der Waals surface area contributed by atoms with Gasteiger partial charge in [0.1, 0.15) is 12.5 Å². The Morgan fingerprint density at radius 2 is 2.05 bits per heavy atom. The van der Waals surface area contributed by atoms with Gasteiger partial charge in [0.25, 0.3) is 0 Å². The molecule has 6 heteroatoms. The van der Waals surface area contributed by atoms with Crippen LogP contribution in [0.3, 0.4) is 0 Å². The standard InChI is InChI=1S/C14H21BrN2O2Si/c1-18-14-8-12-13(7-11(14)15)17(9-16-12)10-19-5-6-20(2,3)4/h7-9H,5-6,10H2,1-4H3. The van der Waals surface area contributed by atoms with E-state index >= 15 is 0 Å². The molecule has 0 N–H and O–H groups in total. The molecule has 0 aliphatic rings. The molecule has 0 spiro atoms. The van der Waals surface area contributed by atoms with Crippen LogP contribution >= 0.6 is 15.9 Å². The van der Waals surface area contributed by atoms with Crippen molar-refractivity contribution in [2.45, 2.75) is 32.4 Å². The van der Waals surface area contributed by atoms with Gasteiger partial charge in [-0.05, 0) is 28.0 Å². The van der Waals surface area contributed by atoms with Crippen LogP contribution in [-0.4, -0.2) is 31.3 Å². The van der Waals surface area contributed by atoms with Crippen LogP contribution < -0.4 is 4.74 Å². The Balaban J connectivity index is 2.06. The summed E-state index contributed by atoms with van der Waals surface area (Å²) in [5.41, 5.74) is 1.96. The fourth-order valence-corrected chi connectivity index (χ4v) is 3.11. The van der Waals surface area contributed by atoms with Gasteiger partial charge < -0.3 is 14.0 Å². The molecule has 0 saturated carbocycles. The molecular weight excluding hydrogens is 336 g/mol. The van der Waals surface area contributed by atoms with E-state index in [9.17, 15) is 0 Å². The van der Waals surface area contributed by atoms with E-state index in [1.165, 1.54) is 6.04 Å². The van der Waals surface area contributed by atoms with Crippen LogP contribution in [0.15, 0.2) is 22.9 Å². The number of hydrogen-bond donors (Lipinski definition) is 0. The van der Waals surface area contributed by atoms with Gasteiger partial charge in [0.15, 0.2) is 0 Å². The lowest BCUT2D eigenvalue weighted by atomic mass is 10.3. The molecule has 4 nitrogen and oxygen atoms in total. The third kappa shape index (κ3) is 3.83. The smallest absolute Gasteiger partial charge is 0.135 e. The highest BCUT2D eigenvalue weighted by Crippen LogP contribution is 2.29. The number of fused-ring (bicyclic) bond motifs is 1. The van der Waals surface area contributed by atoms with Crippen molar-refractivity contribution in [3.8, 4) is 5.75 Å². The van der Waals surface area contributed by atoms with Crippen molar-refractivity contribution in [3.63, 3.8) is 0 Å². The van der Waals surface area contributed by atoms with Crippen LogP contribution in [0.4, 0.5) is 0 Å². The number of methoxy groups -OCH3 is 1. The first-order chi connectivity index (χ1) is 9.40. The van der Waals surface area contributed by atoms with E-state index < -0.39 is 8.07 Å². The number of hydrogen-bond acceptors (Lipinski definition) is 3. The third-order valence-corrected chi connectivity index (χ3v) is 5.45. The summed E-state index contributed by atoms with van der Waals surface area (Å²) in [6, 6.07) is 5.12. The summed E-state index contributed by atoms with van der Waals surface area (Å²) in [7, 11) is 0.627. The summed E-state index contributed by atoms with van der Waals surface area (Å²) >= 11 is 3.50. The van der Waals surface area contributed by atoms with Crippen molar-refractivity contribution in [1.82, 2.24) is 9.55 Å². The Morgan fingerprint density at radius 1 is 1.30 bits per heavy atom. The predicted octanol–water partition coefficient (Wildman–Crippen LogP) is 4.12. The van der Waals surface area contributed by atoms with Gasteiger partial charge in [-0.15, -0.1) is 0 Å². The molecule has 0 saturated heterocycles. The van der Waals surface area contributed by atoms with E-state index in [2.05, 4.69) is 40.6 Å². The monoisotopic (exact) mass is 356 g/mol. The summed E-state index contributed by atoms with van der Waals surface area (Å²) in [6.45, 7) is 8.41. The number of imidazole rings is 1. The normalized spacial score (nSPS) is 12.1. The Kier molecular flexibility index (Phi) is 4.88. The first-order valence-corrected chi connectivity index (χ1v) is 11.2. The molecule has 0 aliphatic carbocycles. The highest BCUT2D eigenvalue weighted by atomic mass is 79.9. The molecule has 2 aromatic rings. The first kappa shape index (κ1) is 15.5. The molecule has 0 aliphatic heterocycles. The number of benzene rings is 1. The zero-order valence-corrected chi connectivity index (χ0v) is 15.0. The lowest BCUT2D eigenvalue weighted by Crippen LogP contribution is -2.21. The Labute approximate surface area is 129 Å². The minimum absolute atomic E-state index is 0.541. The fraction of sp³-hybridized carbons (Fsp3) is 0.500. The summed E-state index contributed by atoms with van der Waals surface area (Å²) in [4.78, 5) is 4.39. The molecule has 0 atom stereocenters. The van der Waals surface area contributed by atoms with E-state index in [0.717, 1.165) is 27.9 Å². The Hall–Kier alpha value is -0.853. The summed E-state index contributed by atoms with van der Waals surface area (Å²) in [5.74, 6) is 0.794. The molecular formula is C14H21BrN2O2Si. The zero-order chi connectivity index (χ0) is 14.8. The van der Waals surface area contributed by atoms with Crippen molar-refractivity contribution in [1.29, 1.82) is 0 Å². The van der Waals surface area contributed by atoms with Gasteiger partial charge in [-0.3, -0.25) is 0 Å². The number of ether oxygens (including phenoxy) is 2. The molecule has 0 radical (unpaired) electrons. The summed E-state index contributed by atoms with van der Waals surface area (Å²) in [5, 5.41) is 0. The number of halogens is 1. The van der Waals surface area contributed by atoms with Gasteiger partial charge in [0, 0.05) is 20.7 Å². The van der Waals surface area contributed by atoms with Crippen LogP contribution in [0.25, 0.3) is 11.0 Å². The molecule has 20 heavy (non-hydrogen) atoms. The average molecular weight is 357 g/mol. The third-order valence-electron chi connectivity index (χ3n) is 3.12. The van der Waals surface area contributed by atoms with Crippen molar-refractivity contribution in [3.05, 3.63) is 22.9 Å². The summed E-state index contributed by atoms with van der Waals surface area (Å²) < 4.78 is 14.0. The van der Waals surface area contributed by atoms with Crippen molar-refractivity contribution < 1.29 is 9.47 Å². The Morgan fingerprint density at radius 3 is 2.70 bits per heavy atom. The van der Waals surface area contributed by atoms with E-state index in [1.54, 1.807) is 7.11 Å². The van der Waals surface area contributed by atoms with Crippen molar-refractivity contribution in [2.75, 3.05) is 13.7 Å². The summed E-state index contributed by atoms with van der Waals surface area (Å²) in [6.07, 6.45) is 1.81. The second kappa shape index (κ2) is 6.28. The van der Waals surface area contributed by atoms with E-state index in [0.29, 0.717) is 6.73 Å². The van der Waals surface area contributed by atoms with Crippen LogP contribution in [-0.2, 0) is 11.5 Å². The maximum atomic E-state index is 5.77. The molecule has 1 heterocycles. The van der Waals surface area contributed by atoms with Crippen molar-refractivity contribution in [2.24, 2.45) is 0 Å². The number of aromatic nitrogens is 2. The second-order valence-electron chi connectivity index (χ2n) is 6.04. The van der Waals surface area contributed by atoms with Crippen LogP contribution in [0.2, 0.25) is 25.7 Å². The van der Waals surface area contributed by atoms with E-state index in [-0.39, 0.29) is 0 Å². The largest absolute Gasteiger partial charge is 0.495 e. The lowest BCUT2D eigenvalue weighted by molar-refractivity contribution is 0.0898. The van der Waals surface area contributed by atoms with Crippen molar-refractivity contribution >= 4 is 35.0 Å². The minimum Gasteiger partial charge on any atom is -0.495 e. The highest BCUT2D eigenvalue weighted by molar-refractivity contribution is 9.10. The fourth-order valence-electron chi connectivity index (χ4n) is 1.86. The molecule has 1 aromatic carbocycles. The van der Waals surface area contributed by atoms with Crippen LogP contribution in [0.1, 0.15) is 0 Å². The van der Waals surface area contributed by atoms with E-state index in [1.807, 2.05) is 23.0 Å². The van der Waals surface area contributed by atoms with Gasteiger partial charge in [0.05, 0.1) is 28.9 Å². The highest BCUT2D eigenvalue weighted by Gasteiger charge is 2.12. The molecule has 110 valence electrons. The van der Waals surface area contributed by atoms with E-state index in [4.69, 9.17) is 9.47 Å². The lowest BCUT2D eigenvalue weighted by Gasteiger charge is -2.15. The molecule has 0 fully saturated rings. The molecule has 0 amide bonds. The quantitative estimate of drug-likeness (QED) is 0.576. The molecule has 0 unspecified atom stereocenters. The van der Waals surface area contributed by atoms with Gasteiger partial charge in [-0.25, -0.2) is 4.98 Å². The topological polar surface area (TPSA) is 36.3 Å². The second-order valence-corrected chi connectivity index (χ2v) is 12.5. The van der Waals surface area contributed by atoms with Gasteiger partial charge in [0.2, 0.25) is 0 Å². The maximum Gasteiger partial charge on any atom is 0.135 e. The first-order valence-electron chi connectivity index (χ1n) is 6.67. The minimum atomic E-state index is -1.03.